The number of carbonyl (C=O) groups is 1. The van der Waals surface area contributed by atoms with Gasteiger partial charge in [0.25, 0.3) is 0 Å². The number of hydrogen-bond donors (Lipinski definition) is 1. The molecule has 0 aromatic heterocycles. The number of quaternary nitrogens is 1. The number of hydrogen-bond acceptors (Lipinski definition) is 1. The lowest BCUT2D eigenvalue weighted by atomic mass is 10.2. The molecule has 0 unspecified atom stereocenters. The van der Waals surface area contributed by atoms with Gasteiger partial charge in [-0.15, -0.1) is 0 Å². The van der Waals surface area contributed by atoms with Gasteiger partial charge in [-0.3, -0.25) is 0 Å². The molecule has 0 aliphatic carbocycles. The molecule has 0 bridgehead atoms. The van der Waals surface area contributed by atoms with Crippen LogP contribution in [0.15, 0.2) is 18.2 Å². The summed E-state index contributed by atoms with van der Waals surface area (Å²) in [6.07, 6.45) is 0. The number of carbonyl (C=O) groups excluding carboxylic acids is 1. The zero-order chi connectivity index (χ0) is 10.9. The number of urea groups is 1. The van der Waals surface area contributed by atoms with Gasteiger partial charge in [0.1, 0.15) is 5.69 Å². The quantitative estimate of drug-likeness (QED) is 0.745. The lowest BCUT2D eigenvalue weighted by Crippen LogP contribution is -2.50. The molecule has 2 N–H and O–H groups in total. The Morgan fingerprint density at radius 3 is 2.29 bits per heavy atom. The summed E-state index contributed by atoms with van der Waals surface area (Å²) in [7, 11) is 3.36. The van der Waals surface area contributed by atoms with E-state index in [4.69, 9.17) is 28.9 Å². The molecule has 76 valence electrons. The van der Waals surface area contributed by atoms with Crippen molar-refractivity contribution < 1.29 is 4.79 Å². The van der Waals surface area contributed by atoms with E-state index in [1.54, 1.807) is 32.3 Å². The van der Waals surface area contributed by atoms with Crippen LogP contribution in [-0.2, 0) is 0 Å². The number of nitrogens with two attached hydrogens (primary N) is 1. The standard InChI is InChI=1S/C9H10Cl2N2O/c1-13(2,9(12)14)6-3-4-7(10)8(11)5-6/h3-5H,1-2H3,(H-,12,14)/p+1. The van der Waals surface area contributed by atoms with E-state index in [0.29, 0.717) is 15.7 Å². The number of nitrogens with zero attached hydrogens (tertiary/aromatic N) is 1. The van der Waals surface area contributed by atoms with Crippen molar-refractivity contribution in [2.75, 3.05) is 14.1 Å². The molecule has 0 aliphatic rings. The topological polar surface area (TPSA) is 43.1 Å². The Labute approximate surface area is 92.6 Å². The molecule has 5 heteroatoms. The average molecular weight is 234 g/mol. The lowest BCUT2D eigenvalue weighted by Gasteiger charge is -2.23. The van der Waals surface area contributed by atoms with Crippen LogP contribution in [0.5, 0.6) is 0 Å². The molecule has 1 rings (SSSR count). The van der Waals surface area contributed by atoms with Crippen LogP contribution in [0.4, 0.5) is 10.5 Å². The molecule has 3 nitrogen and oxygen atoms in total. The van der Waals surface area contributed by atoms with Gasteiger partial charge < -0.3 is 5.73 Å². The van der Waals surface area contributed by atoms with Crippen molar-refractivity contribution in [1.29, 1.82) is 0 Å². The van der Waals surface area contributed by atoms with Crippen molar-refractivity contribution in [3.63, 3.8) is 0 Å². The predicted octanol–water partition coefficient (Wildman–Crippen LogP) is 2.64. The van der Waals surface area contributed by atoms with E-state index in [0.717, 1.165) is 0 Å². The Morgan fingerprint density at radius 1 is 1.29 bits per heavy atom. The van der Waals surface area contributed by atoms with Gasteiger partial charge in [-0.2, -0.15) is 0 Å². The van der Waals surface area contributed by atoms with Crippen molar-refractivity contribution in [3.8, 4) is 0 Å². The van der Waals surface area contributed by atoms with Crippen LogP contribution in [0.2, 0.25) is 10.0 Å². The van der Waals surface area contributed by atoms with Crippen molar-refractivity contribution >= 4 is 34.9 Å². The Morgan fingerprint density at radius 2 is 1.86 bits per heavy atom. The fourth-order valence-electron chi connectivity index (χ4n) is 0.960. The first kappa shape index (κ1) is 11.3. The lowest BCUT2D eigenvalue weighted by molar-refractivity contribution is 0.227. The number of halogens is 2. The van der Waals surface area contributed by atoms with Crippen LogP contribution in [0.25, 0.3) is 0 Å². The Kier molecular flexibility index (Phi) is 3.04. The normalized spacial score (nSPS) is 11.4. The molecule has 0 aliphatic heterocycles. The summed E-state index contributed by atoms with van der Waals surface area (Å²) >= 11 is 11.6. The first-order valence-corrected chi connectivity index (χ1v) is 4.71. The summed E-state index contributed by atoms with van der Waals surface area (Å²) in [6, 6.07) is 4.54. The monoisotopic (exact) mass is 233 g/mol. The summed E-state index contributed by atoms with van der Waals surface area (Å²) in [5, 5.41) is 0.872. The van der Waals surface area contributed by atoms with Gasteiger partial charge in [-0.25, -0.2) is 9.28 Å². The second-order valence-corrected chi connectivity index (χ2v) is 4.20. The van der Waals surface area contributed by atoms with Gasteiger partial charge in [0.15, 0.2) is 0 Å². The molecule has 2 amide bonds. The van der Waals surface area contributed by atoms with E-state index < -0.39 is 6.03 Å². The number of rotatable bonds is 1. The van der Waals surface area contributed by atoms with Crippen molar-refractivity contribution in [2.45, 2.75) is 0 Å². The fourth-order valence-corrected chi connectivity index (χ4v) is 1.25. The third-order valence-electron chi connectivity index (χ3n) is 2.10. The predicted molar refractivity (Wildman–Crippen MR) is 59.7 cm³/mol. The summed E-state index contributed by atoms with van der Waals surface area (Å²) in [4.78, 5) is 11.1. The molecular formula is C9H11Cl2N2O+. The smallest absolute Gasteiger partial charge is 0.319 e. The maximum Gasteiger partial charge on any atom is 0.418 e. The minimum atomic E-state index is -0.455. The van der Waals surface area contributed by atoms with Gasteiger partial charge in [-0.1, -0.05) is 23.2 Å². The van der Waals surface area contributed by atoms with E-state index in [2.05, 4.69) is 0 Å². The van der Waals surface area contributed by atoms with Crippen LogP contribution >= 0.6 is 23.2 Å². The molecule has 0 fully saturated rings. The maximum absolute atomic E-state index is 11.1. The third-order valence-corrected chi connectivity index (χ3v) is 2.84. The van der Waals surface area contributed by atoms with Crippen molar-refractivity contribution in [1.82, 2.24) is 4.48 Å². The third kappa shape index (κ3) is 2.00. The first-order valence-electron chi connectivity index (χ1n) is 3.95. The SMILES string of the molecule is C[N+](C)(C(N)=O)c1ccc(Cl)c(Cl)c1. The van der Waals surface area contributed by atoms with E-state index in [1.807, 2.05) is 0 Å². The highest BCUT2D eigenvalue weighted by Crippen LogP contribution is 2.28. The maximum atomic E-state index is 11.1. The van der Waals surface area contributed by atoms with Crippen LogP contribution in [0.1, 0.15) is 0 Å². The molecule has 14 heavy (non-hydrogen) atoms. The van der Waals surface area contributed by atoms with Gasteiger partial charge in [0.05, 0.1) is 24.1 Å². The highest BCUT2D eigenvalue weighted by atomic mass is 35.5. The molecule has 0 saturated carbocycles. The van der Waals surface area contributed by atoms with E-state index >= 15 is 0 Å². The first-order chi connectivity index (χ1) is 6.35. The Bertz CT molecular complexity index is 377. The van der Waals surface area contributed by atoms with Crippen LogP contribution in [0.3, 0.4) is 0 Å². The minimum Gasteiger partial charge on any atom is -0.319 e. The van der Waals surface area contributed by atoms with Gasteiger partial charge in [0, 0.05) is 12.1 Å². The van der Waals surface area contributed by atoms with Crippen LogP contribution in [0, 0.1) is 0 Å². The highest BCUT2D eigenvalue weighted by molar-refractivity contribution is 6.42. The molecule has 0 heterocycles. The highest BCUT2D eigenvalue weighted by Gasteiger charge is 2.26. The van der Waals surface area contributed by atoms with Crippen LogP contribution in [-0.4, -0.2) is 20.1 Å². The Hall–Kier alpha value is -0.770. The molecule has 0 saturated heterocycles. The van der Waals surface area contributed by atoms with Gasteiger partial charge >= 0.3 is 6.03 Å². The molecule has 1 aromatic carbocycles. The molecule has 0 spiro atoms. The largest absolute Gasteiger partial charge is 0.418 e. The molecule has 0 radical (unpaired) electrons. The van der Waals surface area contributed by atoms with Gasteiger partial charge in [0.2, 0.25) is 0 Å². The molecule has 1 aromatic rings. The fraction of sp³-hybridized carbons (Fsp3) is 0.222. The second-order valence-electron chi connectivity index (χ2n) is 3.39. The van der Waals surface area contributed by atoms with E-state index in [9.17, 15) is 4.79 Å². The zero-order valence-electron chi connectivity index (χ0n) is 7.92. The summed E-state index contributed by atoms with van der Waals surface area (Å²) < 4.78 is -0.0586. The average Bonchev–Trinajstić information content (AvgIpc) is 2.09. The molecule has 0 atom stereocenters. The second kappa shape index (κ2) is 3.77. The van der Waals surface area contributed by atoms with E-state index in [-0.39, 0.29) is 4.48 Å². The number of primary amides is 1. The number of amides is 2. The summed E-state index contributed by atoms with van der Waals surface area (Å²) in [6.45, 7) is 0. The Balaban J connectivity index is 3.21. The summed E-state index contributed by atoms with van der Waals surface area (Å²) in [5.74, 6) is 0. The number of benzene rings is 1. The van der Waals surface area contributed by atoms with Gasteiger partial charge in [-0.05, 0) is 6.07 Å². The van der Waals surface area contributed by atoms with Crippen molar-refractivity contribution in [3.05, 3.63) is 28.2 Å². The zero-order valence-corrected chi connectivity index (χ0v) is 9.43. The van der Waals surface area contributed by atoms with Crippen molar-refractivity contribution in [2.24, 2.45) is 5.73 Å². The molecular weight excluding hydrogens is 223 g/mol. The van der Waals surface area contributed by atoms with E-state index in [1.165, 1.54) is 0 Å². The summed E-state index contributed by atoms with van der Waals surface area (Å²) in [5.41, 5.74) is 5.95. The van der Waals surface area contributed by atoms with Crippen LogP contribution < -0.4 is 10.2 Å². The minimum absolute atomic E-state index is 0.0586.